The third kappa shape index (κ3) is 1.81. The van der Waals surface area contributed by atoms with Gasteiger partial charge in [0.15, 0.2) is 0 Å². The fourth-order valence-electron chi connectivity index (χ4n) is 3.11. The van der Waals surface area contributed by atoms with Gasteiger partial charge in [-0.15, -0.1) is 0 Å². The van der Waals surface area contributed by atoms with Crippen LogP contribution in [0.4, 0.5) is 0 Å². The molecule has 3 aliphatic heterocycles. The first kappa shape index (κ1) is 10.4. The van der Waals surface area contributed by atoms with Gasteiger partial charge in [0.2, 0.25) is 0 Å². The highest BCUT2D eigenvalue weighted by molar-refractivity contribution is 4.96. The molecule has 3 heterocycles. The van der Waals surface area contributed by atoms with Crippen molar-refractivity contribution in [1.82, 2.24) is 9.80 Å². The Bertz CT molecular complexity index is 197. The second-order valence-corrected chi connectivity index (χ2v) is 5.24. The van der Waals surface area contributed by atoms with Crippen LogP contribution in [0.25, 0.3) is 0 Å². The molecule has 0 aromatic rings. The lowest BCUT2D eigenvalue weighted by Crippen LogP contribution is -2.51. The molecular weight excluding hydrogens is 176 g/mol. The van der Waals surface area contributed by atoms with E-state index < -0.39 is 0 Å². The SMILES string of the molecule is CC1(C)CN2CCC(CC2)N1CCO. The first-order valence-electron chi connectivity index (χ1n) is 5.73. The molecule has 3 rings (SSSR count). The van der Waals surface area contributed by atoms with Gasteiger partial charge < -0.3 is 10.0 Å². The lowest BCUT2D eigenvalue weighted by atomic mass is 10.00. The standard InChI is InChI=1S/C11H22N2O/c1-11(2)9-12-5-3-10(4-6-12)13(11)7-8-14/h10,14H,3-9H2,1-2H3. The molecule has 82 valence electrons. The molecule has 3 heteroatoms. The van der Waals surface area contributed by atoms with Crippen molar-refractivity contribution in [1.29, 1.82) is 0 Å². The summed E-state index contributed by atoms with van der Waals surface area (Å²) in [6.45, 7) is 9.39. The van der Waals surface area contributed by atoms with E-state index in [0.717, 1.165) is 13.1 Å². The summed E-state index contributed by atoms with van der Waals surface area (Å²) in [5, 5.41) is 9.11. The molecule has 0 amide bonds. The molecule has 0 aromatic carbocycles. The third-order valence-corrected chi connectivity index (χ3v) is 3.73. The van der Waals surface area contributed by atoms with Crippen LogP contribution in [0.5, 0.6) is 0 Å². The van der Waals surface area contributed by atoms with E-state index in [1.54, 1.807) is 0 Å². The van der Waals surface area contributed by atoms with Crippen molar-refractivity contribution in [3.05, 3.63) is 0 Å². The fourth-order valence-corrected chi connectivity index (χ4v) is 3.11. The van der Waals surface area contributed by atoms with E-state index in [1.807, 2.05) is 0 Å². The Morgan fingerprint density at radius 2 is 1.93 bits per heavy atom. The van der Waals surface area contributed by atoms with Crippen LogP contribution in [-0.2, 0) is 0 Å². The minimum Gasteiger partial charge on any atom is -0.395 e. The van der Waals surface area contributed by atoms with E-state index in [4.69, 9.17) is 5.11 Å². The number of hydrogen-bond donors (Lipinski definition) is 1. The van der Waals surface area contributed by atoms with Crippen molar-refractivity contribution in [3.8, 4) is 0 Å². The van der Waals surface area contributed by atoms with E-state index in [0.29, 0.717) is 12.6 Å². The number of fused-ring (bicyclic) bond motifs is 4. The summed E-state index contributed by atoms with van der Waals surface area (Å²) < 4.78 is 0. The highest BCUT2D eigenvalue weighted by Gasteiger charge is 2.39. The van der Waals surface area contributed by atoms with Crippen molar-refractivity contribution in [3.63, 3.8) is 0 Å². The first-order chi connectivity index (χ1) is 6.63. The minimum absolute atomic E-state index is 0.237. The monoisotopic (exact) mass is 198 g/mol. The Hall–Kier alpha value is -0.120. The second kappa shape index (κ2) is 3.80. The Labute approximate surface area is 86.7 Å². The van der Waals surface area contributed by atoms with Gasteiger partial charge in [0.05, 0.1) is 6.61 Å². The summed E-state index contributed by atoms with van der Waals surface area (Å²) in [6.07, 6.45) is 2.56. The maximum atomic E-state index is 9.11. The smallest absolute Gasteiger partial charge is 0.0558 e. The van der Waals surface area contributed by atoms with Gasteiger partial charge in [0.25, 0.3) is 0 Å². The average Bonchev–Trinajstić information content (AvgIpc) is 2.32. The van der Waals surface area contributed by atoms with Gasteiger partial charge >= 0.3 is 0 Å². The van der Waals surface area contributed by atoms with Gasteiger partial charge in [0.1, 0.15) is 0 Å². The van der Waals surface area contributed by atoms with Gasteiger partial charge in [-0.2, -0.15) is 0 Å². The van der Waals surface area contributed by atoms with E-state index in [1.165, 1.54) is 25.9 Å². The van der Waals surface area contributed by atoms with Crippen LogP contribution in [0, 0.1) is 0 Å². The van der Waals surface area contributed by atoms with Crippen molar-refractivity contribution >= 4 is 0 Å². The molecule has 14 heavy (non-hydrogen) atoms. The Balaban J connectivity index is 2.16. The minimum atomic E-state index is 0.237. The lowest BCUT2D eigenvalue weighted by molar-refractivity contribution is 0.0631. The molecule has 0 aliphatic carbocycles. The van der Waals surface area contributed by atoms with Crippen molar-refractivity contribution in [2.75, 3.05) is 32.8 Å². The van der Waals surface area contributed by atoms with Crippen molar-refractivity contribution < 1.29 is 5.11 Å². The molecular formula is C11H22N2O. The van der Waals surface area contributed by atoms with Crippen molar-refractivity contribution in [2.24, 2.45) is 0 Å². The van der Waals surface area contributed by atoms with Gasteiger partial charge in [-0.1, -0.05) is 0 Å². The number of piperidine rings is 1. The molecule has 0 aromatic heterocycles. The van der Waals surface area contributed by atoms with E-state index in [-0.39, 0.29) is 5.54 Å². The first-order valence-corrected chi connectivity index (χ1v) is 5.73. The zero-order chi connectivity index (χ0) is 10.2. The largest absolute Gasteiger partial charge is 0.395 e. The van der Waals surface area contributed by atoms with Gasteiger partial charge in [0, 0.05) is 24.7 Å². The normalized spacial score (nSPS) is 37.1. The molecule has 0 radical (unpaired) electrons. The van der Waals surface area contributed by atoms with Gasteiger partial charge in [-0.3, -0.25) is 4.90 Å². The van der Waals surface area contributed by atoms with Crippen LogP contribution >= 0.6 is 0 Å². The second-order valence-electron chi connectivity index (χ2n) is 5.24. The van der Waals surface area contributed by atoms with Crippen LogP contribution in [0.3, 0.4) is 0 Å². The number of hydrogen-bond acceptors (Lipinski definition) is 3. The number of aliphatic hydroxyl groups excluding tert-OH is 1. The van der Waals surface area contributed by atoms with Crippen molar-refractivity contribution in [2.45, 2.75) is 38.3 Å². The lowest BCUT2D eigenvalue weighted by Gasteiger charge is -2.40. The van der Waals surface area contributed by atoms with Gasteiger partial charge in [-0.05, 0) is 39.8 Å². The molecule has 3 nitrogen and oxygen atoms in total. The highest BCUT2D eigenvalue weighted by atomic mass is 16.3. The Morgan fingerprint density at radius 3 is 2.50 bits per heavy atom. The molecule has 0 spiro atoms. The molecule has 3 aliphatic rings. The van der Waals surface area contributed by atoms with Crippen LogP contribution in [0.1, 0.15) is 26.7 Å². The fraction of sp³-hybridized carbons (Fsp3) is 1.00. The topological polar surface area (TPSA) is 26.7 Å². The maximum absolute atomic E-state index is 9.11. The number of nitrogens with zero attached hydrogens (tertiary/aromatic N) is 2. The average molecular weight is 198 g/mol. The third-order valence-electron chi connectivity index (χ3n) is 3.73. The Kier molecular flexibility index (Phi) is 2.82. The summed E-state index contributed by atoms with van der Waals surface area (Å²) in [4.78, 5) is 5.08. The Morgan fingerprint density at radius 1 is 1.29 bits per heavy atom. The molecule has 0 saturated carbocycles. The summed E-state index contributed by atoms with van der Waals surface area (Å²) in [7, 11) is 0. The quantitative estimate of drug-likeness (QED) is 0.701. The predicted molar refractivity (Wildman–Crippen MR) is 57.3 cm³/mol. The van der Waals surface area contributed by atoms with Crippen LogP contribution < -0.4 is 0 Å². The molecule has 0 atom stereocenters. The molecule has 2 bridgehead atoms. The van der Waals surface area contributed by atoms with E-state index in [2.05, 4.69) is 23.6 Å². The number of β-amino-alcohol motifs (C(OH)–C–C–N with tert-alkyl or cyclic N) is 1. The van der Waals surface area contributed by atoms with Crippen LogP contribution in [-0.4, -0.2) is 59.3 Å². The highest BCUT2D eigenvalue weighted by Crippen LogP contribution is 2.30. The van der Waals surface area contributed by atoms with E-state index >= 15 is 0 Å². The van der Waals surface area contributed by atoms with E-state index in [9.17, 15) is 0 Å². The molecule has 3 fully saturated rings. The summed E-state index contributed by atoms with van der Waals surface area (Å²) in [5.41, 5.74) is 0.237. The summed E-state index contributed by atoms with van der Waals surface area (Å²) >= 11 is 0. The maximum Gasteiger partial charge on any atom is 0.0558 e. The number of aliphatic hydroxyl groups is 1. The zero-order valence-electron chi connectivity index (χ0n) is 9.37. The van der Waals surface area contributed by atoms with Gasteiger partial charge in [-0.25, -0.2) is 0 Å². The van der Waals surface area contributed by atoms with Crippen LogP contribution in [0.15, 0.2) is 0 Å². The molecule has 1 N–H and O–H groups in total. The molecule has 3 saturated heterocycles. The molecule has 0 unspecified atom stereocenters. The van der Waals surface area contributed by atoms with Crippen LogP contribution in [0.2, 0.25) is 0 Å². The summed E-state index contributed by atoms with van der Waals surface area (Å²) in [6, 6.07) is 0.705. The number of rotatable bonds is 2. The summed E-state index contributed by atoms with van der Waals surface area (Å²) in [5.74, 6) is 0. The predicted octanol–water partition coefficient (Wildman–Crippen LogP) is 0.537. The zero-order valence-corrected chi connectivity index (χ0v) is 9.37.